The third-order valence-corrected chi connectivity index (χ3v) is 4.71. The lowest BCUT2D eigenvalue weighted by Crippen LogP contribution is -2.59. The lowest BCUT2D eigenvalue weighted by atomic mass is 9.92. The first-order valence-electron chi connectivity index (χ1n) is 12.7. The summed E-state index contributed by atoms with van der Waals surface area (Å²) in [6.45, 7) is 17.9. The van der Waals surface area contributed by atoms with Gasteiger partial charge in [0.25, 0.3) is 5.72 Å². The van der Waals surface area contributed by atoms with E-state index in [2.05, 4.69) is 5.32 Å². The van der Waals surface area contributed by atoms with E-state index in [0.29, 0.717) is 5.56 Å². The van der Waals surface area contributed by atoms with Gasteiger partial charge in [0.15, 0.2) is 11.5 Å². The van der Waals surface area contributed by atoms with Crippen LogP contribution in [0.1, 0.15) is 87.6 Å². The van der Waals surface area contributed by atoms with Crippen molar-refractivity contribution in [1.29, 1.82) is 0 Å². The Bertz CT molecular complexity index is 1000. The summed E-state index contributed by atoms with van der Waals surface area (Å²) in [4.78, 5) is 49.8. The maximum absolute atomic E-state index is 12.6. The van der Waals surface area contributed by atoms with Crippen molar-refractivity contribution in [3.05, 3.63) is 23.8 Å². The fourth-order valence-electron chi connectivity index (χ4n) is 3.42. The maximum atomic E-state index is 12.6. The molecule has 2 N–H and O–H groups in total. The molecule has 1 aromatic rings. The molecule has 0 aliphatic heterocycles. The monoisotopic (exact) mass is 537 g/mol. The zero-order valence-corrected chi connectivity index (χ0v) is 24.2. The molecule has 0 aliphatic carbocycles. The molecule has 0 spiro atoms. The predicted octanol–water partition coefficient (Wildman–Crippen LogP) is 5.25. The molecule has 0 heterocycles. The van der Waals surface area contributed by atoms with Crippen molar-refractivity contribution in [2.75, 3.05) is 0 Å². The zero-order valence-electron chi connectivity index (χ0n) is 24.2. The molecule has 1 aromatic carbocycles. The number of carbonyl (C=O) groups is 4. The number of rotatable bonds is 11. The topological polar surface area (TPSA) is 137 Å². The Labute approximate surface area is 225 Å². The van der Waals surface area contributed by atoms with Crippen LogP contribution in [0.3, 0.4) is 0 Å². The van der Waals surface area contributed by atoms with E-state index >= 15 is 0 Å². The molecule has 0 saturated carbocycles. The molecule has 0 amide bonds. The highest BCUT2D eigenvalue weighted by molar-refractivity contribution is 5.81. The third-order valence-electron chi connectivity index (χ3n) is 4.71. The molecule has 0 unspecified atom stereocenters. The minimum atomic E-state index is -2.18. The van der Waals surface area contributed by atoms with Gasteiger partial charge in [-0.15, -0.1) is 0 Å². The number of hydrogen-bond donors (Lipinski definition) is 2. The Morgan fingerprint density at radius 1 is 0.842 bits per heavy atom. The quantitative estimate of drug-likeness (QED) is 0.219. The first-order valence-corrected chi connectivity index (χ1v) is 12.7. The summed E-state index contributed by atoms with van der Waals surface area (Å²) in [6, 6.07) is 3.94. The summed E-state index contributed by atoms with van der Waals surface area (Å²) in [5, 5.41) is 12.9. The highest BCUT2D eigenvalue weighted by Gasteiger charge is 2.44. The number of ether oxygens (including phenoxy) is 4. The van der Waals surface area contributed by atoms with Gasteiger partial charge in [0.2, 0.25) is 0 Å². The number of carboxylic acids is 1. The summed E-state index contributed by atoms with van der Waals surface area (Å²) in [5.74, 6) is -2.54. The molecular formula is C28H43NO9. The minimum absolute atomic E-state index is 0.0168. The first-order chi connectivity index (χ1) is 17.2. The van der Waals surface area contributed by atoms with Crippen molar-refractivity contribution in [3.8, 4) is 11.5 Å². The molecule has 214 valence electrons. The zero-order chi connectivity index (χ0) is 29.5. The maximum Gasteiger partial charge on any atom is 0.510 e. The summed E-state index contributed by atoms with van der Waals surface area (Å²) in [5.41, 5.74) is -2.53. The van der Waals surface area contributed by atoms with Gasteiger partial charge in [-0.1, -0.05) is 47.6 Å². The lowest BCUT2D eigenvalue weighted by molar-refractivity contribution is -0.167. The smallest absolute Gasteiger partial charge is 0.477 e. The van der Waals surface area contributed by atoms with Crippen molar-refractivity contribution < 1.29 is 43.2 Å². The van der Waals surface area contributed by atoms with Crippen LogP contribution in [0.4, 0.5) is 4.79 Å². The Balaban J connectivity index is 3.47. The molecule has 0 radical (unpaired) electrons. The van der Waals surface area contributed by atoms with Gasteiger partial charge in [0, 0.05) is 12.5 Å². The summed E-state index contributed by atoms with van der Waals surface area (Å²) in [7, 11) is 0. The van der Waals surface area contributed by atoms with Gasteiger partial charge in [0.05, 0.1) is 18.9 Å². The number of hydrogen-bond acceptors (Lipinski definition) is 9. The standard InChI is InChI=1S/C28H43NO9/c1-17(2)29-28(24(32)33,38-25(34)35-18(3)4)14-19-11-12-20(36-22(30)15-26(5,6)7)21(13-19)37-23(31)16-27(8,9)10/h11-13,17-18,29H,14-16H2,1-10H3,(H,32,33)/t28-/m0/s1. The lowest BCUT2D eigenvalue weighted by Gasteiger charge is -2.32. The average Bonchev–Trinajstić information content (AvgIpc) is 2.65. The molecule has 10 nitrogen and oxygen atoms in total. The molecule has 0 fully saturated rings. The molecule has 1 atom stereocenters. The number of benzene rings is 1. The van der Waals surface area contributed by atoms with Crippen LogP contribution in [0.2, 0.25) is 0 Å². The van der Waals surface area contributed by atoms with Gasteiger partial charge in [-0.2, -0.15) is 0 Å². The highest BCUT2D eigenvalue weighted by atomic mass is 16.7. The van der Waals surface area contributed by atoms with Crippen LogP contribution in [0.15, 0.2) is 18.2 Å². The van der Waals surface area contributed by atoms with Crippen LogP contribution in [0.5, 0.6) is 11.5 Å². The van der Waals surface area contributed by atoms with Gasteiger partial charge >= 0.3 is 24.1 Å². The van der Waals surface area contributed by atoms with Crippen LogP contribution in [-0.4, -0.2) is 47.0 Å². The number of carboxylic acid groups (broad SMARTS) is 1. The summed E-state index contributed by atoms with van der Waals surface area (Å²) in [6.07, 6.45) is -1.81. The van der Waals surface area contributed by atoms with Crippen LogP contribution in [-0.2, 0) is 30.3 Å². The highest BCUT2D eigenvalue weighted by Crippen LogP contribution is 2.33. The first kappa shape index (κ1) is 32.9. The SMILES string of the molecule is CC(C)N[C@@](Cc1ccc(OC(=O)CC(C)(C)C)c(OC(=O)CC(C)(C)C)c1)(OC(=O)OC(C)C)C(=O)O. The average molecular weight is 538 g/mol. The molecule has 38 heavy (non-hydrogen) atoms. The van der Waals surface area contributed by atoms with Crippen molar-refractivity contribution in [2.45, 2.75) is 106 Å². The molecule has 0 saturated heterocycles. The van der Waals surface area contributed by atoms with E-state index in [0.717, 1.165) is 0 Å². The van der Waals surface area contributed by atoms with Crippen LogP contribution in [0.25, 0.3) is 0 Å². The largest absolute Gasteiger partial charge is 0.510 e. The van der Waals surface area contributed by atoms with Gasteiger partial charge in [-0.25, -0.2) is 9.59 Å². The summed E-state index contributed by atoms with van der Waals surface area (Å²) >= 11 is 0. The van der Waals surface area contributed by atoms with Gasteiger partial charge in [-0.05, 0) is 56.2 Å². The molecule has 0 bridgehead atoms. The van der Waals surface area contributed by atoms with Crippen molar-refractivity contribution in [2.24, 2.45) is 10.8 Å². The van der Waals surface area contributed by atoms with Gasteiger partial charge in [0.1, 0.15) is 0 Å². The van der Waals surface area contributed by atoms with E-state index < -0.39 is 35.9 Å². The molecule has 0 aromatic heterocycles. The Morgan fingerprint density at radius 2 is 1.34 bits per heavy atom. The number of carbonyl (C=O) groups excluding carboxylic acids is 3. The summed E-state index contributed by atoms with van der Waals surface area (Å²) < 4.78 is 21.4. The number of esters is 2. The second kappa shape index (κ2) is 13.1. The van der Waals surface area contributed by atoms with E-state index in [1.165, 1.54) is 18.2 Å². The van der Waals surface area contributed by atoms with Gasteiger partial charge < -0.3 is 24.1 Å². The van der Waals surface area contributed by atoms with E-state index in [4.69, 9.17) is 18.9 Å². The Hall–Kier alpha value is -3.14. The number of nitrogens with one attached hydrogen (secondary N) is 1. The normalized spacial score (nSPS) is 13.6. The molecule has 10 heteroatoms. The molecule has 1 rings (SSSR count). The van der Waals surface area contributed by atoms with Crippen LogP contribution in [0, 0.1) is 10.8 Å². The van der Waals surface area contributed by atoms with Crippen LogP contribution < -0.4 is 14.8 Å². The van der Waals surface area contributed by atoms with Crippen molar-refractivity contribution >= 4 is 24.1 Å². The van der Waals surface area contributed by atoms with E-state index in [1.54, 1.807) is 27.7 Å². The van der Waals surface area contributed by atoms with E-state index in [9.17, 15) is 24.3 Å². The van der Waals surface area contributed by atoms with Gasteiger partial charge in [-0.3, -0.25) is 14.9 Å². The van der Waals surface area contributed by atoms with E-state index in [1.807, 2.05) is 41.5 Å². The fourth-order valence-corrected chi connectivity index (χ4v) is 3.42. The Kier molecular flexibility index (Phi) is 11.3. The third kappa shape index (κ3) is 11.9. The predicted molar refractivity (Wildman–Crippen MR) is 141 cm³/mol. The van der Waals surface area contributed by atoms with Crippen molar-refractivity contribution in [1.82, 2.24) is 5.32 Å². The van der Waals surface area contributed by atoms with Crippen molar-refractivity contribution in [3.63, 3.8) is 0 Å². The fraction of sp³-hybridized carbons (Fsp3) is 0.643. The van der Waals surface area contributed by atoms with Crippen LogP contribution >= 0.6 is 0 Å². The molecular weight excluding hydrogens is 494 g/mol. The second-order valence-electron chi connectivity index (χ2n) is 12.3. The minimum Gasteiger partial charge on any atom is -0.477 e. The Morgan fingerprint density at radius 3 is 1.76 bits per heavy atom. The molecule has 0 aliphatic rings. The number of aliphatic carboxylic acids is 1. The van der Waals surface area contributed by atoms with E-state index in [-0.39, 0.29) is 47.6 Å². The second-order valence-corrected chi connectivity index (χ2v) is 12.3.